The Morgan fingerprint density at radius 2 is 1.77 bits per heavy atom. The molecule has 0 aliphatic carbocycles. The van der Waals surface area contributed by atoms with Crippen LogP contribution in [0.1, 0.15) is 19.4 Å². The number of amidine groups is 1. The van der Waals surface area contributed by atoms with Crippen LogP contribution in [-0.2, 0) is 25.5 Å². The topological polar surface area (TPSA) is 100 Å². The molecular formula is C23H26N4O4. The lowest BCUT2D eigenvalue weighted by molar-refractivity contribution is -0.147. The summed E-state index contributed by atoms with van der Waals surface area (Å²) in [6.45, 7) is 3.72. The van der Waals surface area contributed by atoms with Gasteiger partial charge < -0.3 is 10.1 Å². The number of ether oxygens (including phenoxy) is 1. The quantitative estimate of drug-likeness (QED) is 0.633. The van der Waals surface area contributed by atoms with Gasteiger partial charge in [-0.15, -0.1) is 0 Å². The molecule has 1 aliphatic rings. The summed E-state index contributed by atoms with van der Waals surface area (Å²) in [6, 6.07) is 17.8. The van der Waals surface area contributed by atoms with E-state index in [0.29, 0.717) is 12.1 Å². The van der Waals surface area contributed by atoms with Crippen LogP contribution in [0.25, 0.3) is 0 Å². The van der Waals surface area contributed by atoms with E-state index in [9.17, 15) is 14.4 Å². The Balaban J connectivity index is 1.68. The van der Waals surface area contributed by atoms with E-state index < -0.39 is 17.9 Å². The molecule has 2 atom stereocenters. The number of benzene rings is 2. The van der Waals surface area contributed by atoms with Crippen LogP contribution in [0.15, 0.2) is 65.7 Å². The molecule has 8 nitrogen and oxygen atoms in total. The van der Waals surface area contributed by atoms with Gasteiger partial charge in [-0.1, -0.05) is 48.5 Å². The van der Waals surface area contributed by atoms with E-state index in [1.54, 1.807) is 38.1 Å². The molecule has 31 heavy (non-hydrogen) atoms. The van der Waals surface area contributed by atoms with E-state index in [-0.39, 0.29) is 30.9 Å². The first-order valence-corrected chi connectivity index (χ1v) is 10.2. The monoisotopic (exact) mass is 422 g/mol. The van der Waals surface area contributed by atoms with Crippen LogP contribution in [0.3, 0.4) is 0 Å². The average molecular weight is 422 g/mol. The number of esters is 1. The SMILES string of the molecule is CCOC(=O)C(CNC(=O)C1=NC(C)C(=O)N(c2ccccc2)N1)Cc1ccccc1. The third-order valence-electron chi connectivity index (χ3n) is 4.80. The number of carbonyl (C=O) groups excluding carboxylic acids is 3. The van der Waals surface area contributed by atoms with Crippen molar-refractivity contribution in [3.05, 3.63) is 66.2 Å². The van der Waals surface area contributed by atoms with Gasteiger partial charge in [-0.25, -0.2) is 10.0 Å². The van der Waals surface area contributed by atoms with Crippen LogP contribution in [0.5, 0.6) is 0 Å². The van der Waals surface area contributed by atoms with Crippen LogP contribution in [0, 0.1) is 5.92 Å². The first-order chi connectivity index (χ1) is 15.0. The lowest BCUT2D eigenvalue weighted by Gasteiger charge is -2.30. The third kappa shape index (κ3) is 5.69. The molecule has 0 saturated heterocycles. The number of nitrogens with zero attached hydrogens (tertiary/aromatic N) is 2. The number of hydrogen-bond acceptors (Lipinski definition) is 6. The zero-order chi connectivity index (χ0) is 22.2. The molecule has 3 rings (SSSR count). The number of hydrazine groups is 1. The van der Waals surface area contributed by atoms with E-state index >= 15 is 0 Å². The molecule has 2 unspecified atom stereocenters. The molecule has 162 valence electrons. The molecule has 2 amide bonds. The first kappa shape index (κ1) is 22.0. The molecule has 0 saturated carbocycles. The van der Waals surface area contributed by atoms with E-state index in [1.165, 1.54) is 5.01 Å². The molecule has 0 bridgehead atoms. The predicted molar refractivity (Wildman–Crippen MR) is 117 cm³/mol. The van der Waals surface area contributed by atoms with Crippen molar-refractivity contribution in [1.29, 1.82) is 0 Å². The van der Waals surface area contributed by atoms with Crippen molar-refractivity contribution < 1.29 is 19.1 Å². The Bertz CT molecular complexity index is 947. The number of amides is 2. The predicted octanol–water partition coefficient (Wildman–Crippen LogP) is 1.86. The van der Waals surface area contributed by atoms with Gasteiger partial charge in [0.2, 0.25) is 5.84 Å². The first-order valence-electron chi connectivity index (χ1n) is 10.2. The molecular weight excluding hydrogens is 396 g/mol. The summed E-state index contributed by atoms with van der Waals surface area (Å²) in [5, 5.41) is 4.05. The van der Waals surface area contributed by atoms with Gasteiger partial charge in [0.15, 0.2) is 0 Å². The molecule has 2 aromatic rings. The van der Waals surface area contributed by atoms with Gasteiger partial charge in [-0.3, -0.25) is 19.8 Å². The van der Waals surface area contributed by atoms with Gasteiger partial charge in [0.25, 0.3) is 11.8 Å². The molecule has 0 spiro atoms. The Morgan fingerprint density at radius 3 is 2.42 bits per heavy atom. The minimum absolute atomic E-state index is 0.0123. The van der Waals surface area contributed by atoms with Crippen molar-refractivity contribution in [2.75, 3.05) is 18.2 Å². The molecule has 8 heteroatoms. The minimum Gasteiger partial charge on any atom is -0.466 e. The molecule has 0 fully saturated rings. The highest BCUT2D eigenvalue weighted by Crippen LogP contribution is 2.16. The van der Waals surface area contributed by atoms with Gasteiger partial charge in [-0.05, 0) is 38.0 Å². The maximum atomic E-state index is 12.8. The van der Waals surface area contributed by atoms with Crippen LogP contribution in [-0.4, -0.2) is 42.8 Å². The Kier molecular flexibility index (Phi) is 7.37. The molecule has 2 aromatic carbocycles. The second kappa shape index (κ2) is 10.4. The number of aliphatic imine (C=N–C) groups is 1. The fourth-order valence-corrected chi connectivity index (χ4v) is 3.20. The van der Waals surface area contributed by atoms with Crippen molar-refractivity contribution in [2.45, 2.75) is 26.3 Å². The fourth-order valence-electron chi connectivity index (χ4n) is 3.20. The van der Waals surface area contributed by atoms with E-state index in [0.717, 1.165) is 5.56 Å². The summed E-state index contributed by atoms with van der Waals surface area (Å²) < 4.78 is 5.17. The maximum absolute atomic E-state index is 12.8. The molecule has 2 N–H and O–H groups in total. The summed E-state index contributed by atoms with van der Waals surface area (Å²) >= 11 is 0. The van der Waals surface area contributed by atoms with Crippen LogP contribution < -0.4 is 15.8 Å². The van der Waals surface area contributed by atoms with Crippen molar-refractivity contribution in [3.8, 4) is 0 Å². The van der Waals surface area contributed by atoms with Gasteiger partial charge in [0.1, 0.15) is 6.04 Å². The van der Waals surface area contributed by atoms with Crippen molar-refractivity contribution >= 4 is 29.3 Å². The van der Waals surface area contributed by atoms with Gasteiger partial charge >= 0.3 is 5.97 Å². The highest BCUT2D eigenvalue weighted by Gasteiger charge is 2.31. The van der Waals surface area contributed by atoms with Crippen LogP contribution in [0.2, 0.25) is 0 Å². The maximum Gasteiger partial charge on any atom is 0.311 e. The van der Waals surface area contributed by atoms with Crippen LogP contribution >= 0.6 is 0 Å². The number of nitrogens with one attached hydrogen (secondary N) is 2. The zero-order valence-electron chi connectivity index (χ0n) is 17.6. The molecule has 0 aromatic heterocycles. The van der Waals surface area contributed by atoms with E-state index in [4.69, 9.17) is 4.74 Å². The van der Waals surface area contributed by atoms with Crippen LogP contribution in [0.4, 0.5) is 5.69 Å². The number of para-hydroxylation sites is 1. The highest BCUT2D eigenvalue weighted by atomic mass is 16.5. The third-order valence-corrected chi connectivity index (χ3v) is 4.80. The molecule has 1 aliphatic heterocycles. The largest absolute Gasteiger partial charge is 0.466 e. The number of anilines is 1. The van der Waals surface area contributed by atoms with E-state index in [2.05, 4.69) is 15.7 Å². The lowest BCUT2D eigenvalue weighted by Crippen LogP contribution is -2.58. The van der Waals surface area contributed by atoms with Gasteiger partial charge in [-0.2, -0.15) is 0 Å². The summed E-state index contributed by atoms with van der Waals surface area (Å²) in [5.41, 5.74) is 4.36. The molecule has 1 heterocycles. The van der Waals surface area contributed by atoms with Gasteiger partial charge in [0, 0.05) is 6.54 Å². The number of carbonyl (C=O) groups is 3. The van der Waals surface area contributed by atoms with Gasteiger partial charge in [0.05, 0.1) is 18.2 Å². The second-order valence-electron chi connectivity index (χ2n) is 7.12. The average Bonchev–Trinajstić information content (AvgIpc) is 2.79. The summed E-state index contributed by atoms with van der Waals surface area (Å²) in [4.78, 5) is 41.8. The van der Waals surface area contributed by atoms with Crippen molar-refractivity contribution in [3.63, 3.8) is 0 Å². The highest BCUT2D eigenvalue weighted by molar-refractivity contribution is 6.39. The number of hydrogen-bond donors (Lipinski definition) is 2. The number of rotatable bonds is 8. The fraction of sp³-hybridized carbons (Fsp3) is 0.304. The Labute approximate surface area is 181 Å². The molecule has 0 radical (unpaired) electrons. The summed E-state index contributed by atoms with van der Waals surface area (Å²) in [5.74, 6) is -1.67. The zero-order valence-corrected chi connectivity index (χ0v) is 17.6. The van der Waals surface area contributed by atoms with Crippen molar-refractivity contribution in [2.24, 2.45) is 10.9 Å². The Hall–Kier alpha value is -3.68. The Morgan fingerprint density at radius 1 is 1.13 bits per heavy atom. The smallest absolute Gasteiger partial charge is 0.311 e. The van der Waals surface area contributed by atoms with E-state index in [1.807, 2.05) is 36.4 Å². The minimum atomic E-state index is -0.715. The summed E-state index contributed by atoms with van der Waals surface area (Å²) in [6.07, 6.45) is 0.435. The standard InChI is InChI=1S/C23H26N4O4/c1-3-31-23(30)18(14-17-10-6-4-7-11-17)15-24-21(28)20-25-16(2)22(29)27(26-20)19-12-8-5-9-13-19/h4-13,16,18H,3,14-15H2,1-2H3,(H,24,28)(H,25,26). The second-order valence-corrected chi connectivity index (χ2v) is 7.12. The summed E-state index contributed by atoms with van der Waals surface area (Å²) in [7, 11) is 0. The lowest BCUT2D eigenvalue weighted by atomic mass is 9.99. The van der Waals surface area contributed by atoms with Crippen molar-refractivity contribution in [1.82, 2.24) is 10.7 Å². The normalized spacial score (nSPS) is 16.7.